The number of aryl methyl sites for hydroxylation is 2. The zero-order chi connectivity index (χ0) is 20.1. The van der Waals surface area contributed by atoms with Gasteiger partial charge in [-0.3, -0.25) is 4.79 Å². The van der Waals surface area contributed by atoms with Crippen molar-refractivity contribution < 1.29 is 13.2 Å². The molecule has 1 atom stereocenters. The van der Waals surface area contributed by atoms with Gasteiger partial charge in [-0.15, -0.1) is 11.3 Å². The minimum atomic E-state index is -3.78. The van der Waals surface area contributed by atoms with Gasteiger partial charge in [0.05, 0.1) is 0 Å². The first-order valence-electron chi connectivity index (χ1n) is 8.83. The Morgan fingerprint density at radius 1 is 1.04 bits per heavy atom. The lowest BCUT2D eigenvalue weighted by atomic mass is 10.1. The lowest BCUT2D eigenvalue weighted by Gasteiger charge is -2.19. The summed E-state index contributed by atoms with van der Waals surface area (Å²) in [5.41, 5.74) is 3.48. The molecule has 146 valence electrons. The molecule has 0 aliphatic heterocycles. The lowest BCUT2D eigenvalue weighted by molar-refractivity contribution is -0.117. The van der Waals surface area contributed by atoms with Crippen LogP contribution in [0.15, 0.2) is 70.3 Å². The van der Waals surface area contributed by atoms with Crippen LogP contribution in [-0.4, -0.2) is 20.4 Å². The van der Waals surface area contributed by atoms with E-state index < -0.39 is 22.0 Å². The van der Waals surface area contributed by atoms with Crippen LogP contribution in [0.1, 0.15) is 16.7 Å². The third-order valence-corrected chi connectivity index (χ3v) is 7.18. The number of sulfonamides is 1. The molecular formula is C21H22N2O3S2. The summed E-state index contributed by atoms with van der Waals surface area (Å²) >= 11 is 1.12. The first-order valence-corrected chi connectivity index (χ1v) is 11.2. The van der Waals surface area contributed by atoms with Gasteiger partial charge in [-0.25, -0.2) is 8.42 Å². The van der Waals surface area contributed by atoms with Gasteiger partial charge < -0.3 is 5.32 Å². The SMILES string of the molecule is Cc1ccc(C)c(NC(=O)C(Cc2ccccc2)NS(=O)(=O)c2cccs2)c1. The lowest BCUT2D eigenvalue weighted by Crippen LogP contribution is -2.45. The van der Waals surface area contributed by atoms with Crippen LogP contribution < -0.4 is 10.0 Å². The maximum absolute atomic E-state index is 13.0. The first-order chi connectivity index (χ1) is 13.3. The van der Waals surface area contributed by atoms with Crippen molar-refractivity contribution >= 4 is 33.0 Å². The quantitative estimate of drug-likeness (QED) is 0.616. The molecule has 1 aromatic heterocycles. The third-order valence-electron chi connectivity index (χ3n) is 4.31. The van der Waals surface area contributed by atoms with E-state index in [0.29, 0.717) is 5.69 Å². The topological polar surface area (TPSA) is 75.3 Å². The highest BCUT2D eigenvalue weighted by atomic mass is 32.2. The number of anilines is 1. The van der Waals surface area contributed by atoms with E-state index in [9.17, 15) is 13.2 Å². The zero-order valence-corrected chi connectivity index (χ0v) is 17.3. The van der Waals surface area contributed by atoms with Crippen molar-refractivity contribution in [1.29, 1.82) is 0 Å². The molecule has 0 aliphatic rings. The normalized spacial score (nSPS) is 12.5. The summed E-state index contributed by atoms with van der Waals surface area (Å²) in [6, 6.07) is 17.4. The maximum atomic E-state index is 13.0. The molecule has 28 heavy (non-hydrogen) atoms. The van der Waals surface area contributed by atoms with Crippen LogP contribution in [0.3, 0.4) is 0 Å². The van der Waals surface area contributed by atoms with E-state index in [-0.39, 0.29) is 10.6 Å². The van der Waals surface area contributed by atoms with Crippen LogP contribution in [0.5, 0.6) is 0 Å². The zero-order valence-electron chi connectivity index (χ0n) is 15.7. The van der Waals surface area contributed by atoms with Gasteiger partial charge in [0.1, 0.15) is 10.3 Å². The van der Waals surface area contributed by atoms with Crippen LogP contribution in [0.4, 0.5) is 5.69 Å². The van der Waals surface area contributed by atoms with E-state index in [1.807, 2.05) is 62.4 Å². The van der Waals surface area contributed by atoms with Crippen molar-refractivity contribution in [2.75, 3.05) is 5.32 Å². The molecule has 0 saturated carbocycles. The Morgan fingerprint density at radius 3 is 2.46 bits per heavy atom. The summed E-state index contributed by atoms with van der Waals surface area (Å²) in [6.45, 7) is 3.84. The molecule has 0 saturated heterocycles. The Morgan fingerprint density at radius 2 is 1.79 bits per heavy atom. The van der Waals surface area contributed by atoms with Gasteiger partial charge in [0.25, 0.3) is 10.0 Å². The fourth-order valence-electron chi connectivity index (χ4n) is 2.79. The number of rotatable bonds is 7. The number of hydrogen-bond donors (Lipinski definition) is 2. The molecule has 2 N–H and O–H groups in total. The van der Waals surface area contributed by atoms with Gasteiger partial charge in [0.2, 0.25) is 5.91 Å². The molecule has 3 aromatic rings. The molecule has 3 rings (SSSR count). The Bertz CT molecular complexity index is 1050. The molecule has 7 heteroatoms. The van der Waals surface area contributed by atoms with Crippen LogP contribution in [0, 0.1) is 13.8 Å². The number of thiophene rings is 1. The van der Waals surface area contributed by atoms with Crippen molar-refractivity contribution in [3.05, 3.63) is 82.7 Å². The van der Waals surface area contributed by atoms with Crippen molar-refractivity contribution in [2.24, 2.45) is 0 Å². The Balaban J connectivity index is 1.86. The highest BCUT2D eigenvalue weighted by Gasteiger charge is 2.27. The van der Waals surface area contributed by atoms with Crippen molar-refractivity contribution in [2.45, 2.75) is 30.5 Å². The third kappa shape index (κ3) is 5.07. The molecule has 0 bridgehead atoms. The smallest absolute Gasteiger partial charge is 0.250 e. The molecule has 1 unspecified atom stereocenters. The van der Waals surface area contributed by atoms with Gasteiger partial charge in [-0.1, -0.05) is 48.5 Å². The van der Waals surface area contributed by atoms with E-state index in [1.165, 1.54) is 6.07 Å². The summed E-state index contributed by atoms with van der Waals surface area (Å²) in [7, 11) is -3.78. The Hall–Kier alpha value is -2.48. The number of carbonyl (C=O) groups excluding carboxylic acids is 1. The van der Waals surface area contributed by atoms with Crippen LogP contribution in [0.25, 0.3) is 0 Å². The summed E-state index contributed by atoms with van der Waals surface area (Å²) in [4.78, 5) is 13.0. The van der Waals surface area contributed by atoms with Gasteiger partial charge in [0.15, 0.2) is 0 Å². The number of benzene rings is 2. The molecule has 0 radical (unpaired) electrons. The minimum Gasteiger partial charge on any atom is -0.324 e. The van der Waals surface area contributed by atoms with Gasteiger partial charge >= 0.3 is 0 Å². The van der Waals surface area contributed by atoms with E-state index in [1.54, 1.807) is 11.4 Å². The average molecular weight is 415 g/mol. The number of carbonyl (C=O) groups is 1. The van der Waals surface area contributed by atoms with E-state index in [4.69, 9.17) is 0 Å². The van der Waals surface area contributed by atoms with Crippen molar-refractivity contribution in [3.8, 4) is 0 Å². The number of amides is 1. The van der Waals surface area contributed by atoms with Crippen molar-refractivity contribution in [3.63, 3.8) is 0 Å². The fraction of sp³-hybridized carbons (Fsp3) is 0.190. The summed E-state index contributed by atoms with van der Waals surface area (Å²) in [5, 5.41) is 4.57. The van der Waals surface area contributed by atoms with E-state index >= 15 is 0 Å². The second kappa shape index (κ2) is 8.68. The molecule has 5 nitrogen and oxygen atoms in total. The summed E-state index contributed by atoms with van der Waals surface area (Å²) < 4.78 is 28.1. The molecule has 0 spiro atoms. The van der Waals surface area contributed by atoms with Crippen LogP contribution in [0.2, 0.25) is 0 Å². The Kier molecular flexibility index (Phi) is 6.28. The van der Waals surface area contributed by atoms with Crippen molar-refractivity contribution in [1.82, 2.24) is 4.72 Å². The molecule has 1 amide bonds. The van der Waals surface area contributed by atoms with E-state index in [2.05, 4.69) is 10.0 Å². The fourth-order valence-corrected chi connectivity index (χ4v) is 4.99. The highest BCUT2D eigenvalue weighted by molar-refractivity contribution is 7.91. The largest absolute Gasteiger partial charge is 0.324 e. The molecular weight excluding hydrogens is 392 g/mol. The molecule has 1 heterocycles. The monoisotopic (exact) mass is 414 g/mol. The summed E-state index contributed by atoms with van der Waals surface area (Å²) in [6.07, 6.45) is 0.252. The summed E-state index contributed by atoms with van der Waals surface area (Å²) in [5.74, 6) is -0.391. The predicted molar refractivity (Wildman–Crippen MR) is 113 cm³/mol. The predicted octanol–water partition coefficient (Wildman–Crippen LogP) is 3.89. The minimum absolute atomic E-state index is 0.185. The van der Waals surface area contributed by atoms with Crippen LogP contribution >= 0.6 is 11.3 Å². The second-order valence-corrected chi connectivity index (χ2v) is 9.49. The second-order valence-electron chi connectivity index (χ2n) is 6.60. The van der Waals surface area contributed by atoms with Gasteiger partial charge in [-0.05, 0) is 54.5 Å². The number of hydrogen-bond acceptors (Lipinski definition) is 4. The van der Waals surface area contributed by atoms with E-state index in [0.717, 1.165) is 28.0 Å². The average Bonchev–Trinajstić information content (AvgIpc) is 3.21. The van der Waals surface area contributed by atoms with Crippen LogP contribution in [-0.2, 0) is 21.2 Å². The first kappa shape index (κ1) is 20.3. The highest BCUT2D eigenvalue weighted by Crippen LogP contribution is 2.19. The molecule has 2 aromatic carbocycles. The Labute approximate surface area is 169 Å². The number of nitrogens with one attached hydrogen (secondary N) is 2. The van der Waals surface area contributed by atoms with Gasteiger partial charge in [0, 0.05) is 5.69 Å². The standard InChI is InChI=1S/C21H22N2O3S2/c1-15-10-11-16(2)18(13-15)22-21(24)19(14-17-7-4-3-5-8-17)23-28(25,26)20-9-6-12-27-20/h3-13,19,23H,14H2,1-2H3,(H,22,24). The van der Waals surface area contributed by atoms with Gasteiger partial charge in [-0.2, -0.15) is 4.72 Å². The molecule has 0 fully saturated rings. The molecule has 0 aliphatic carbocycles. The maximum Gasteiger partial charge on any atom is 0.250 e.